The number of hydrogen-bond donors (Lipinski definition) is 1. The first-order valence-electron chi connectivity index (χ1n) is 5.53. The van der Waals surface area contributed by atoms with Gasteiger partial charge in [-0.25, -0.2) is 0 Å². The van der Waals surface area contributed by atoms with Crippen molar-refractivity contribution in [2.45, 2.75) is 6.42 Å². The Morgan fingerprint density at radius 2 is 1.56 bits per heavy atom. The fourth-order valence-electron chi connectivity index (χ4n) is 1.50. The van der Waals surface area contributed by atoms with E-state index >= 15 is 0 Å². The molecule has 0 atom stereocenters. The van der Waals surface area contributed by atoms with Gasteiger partial charge in [0, 0.05) is 11.1 Å². The molecule has 0 aromatic heterocycles. The zero-order valence-electron chi connectivity index (χ0n) is 9.68. The average molecular weight is 235 g/mol. The highest BCUT2D eigenvalue weighted by molar-refractivity contribution is 5.70. The molecule has 2 rings (SSSR count). The molecule has 1 radical (unpaired) electrons. The number of carboxylic acid groups (broad SMARTS) is 1. The van der Waals surface area contributed by atoms with Crippen molar-refractivity contribution in [2.24, 2.45) is 0 Å². The summed E-state index contributed by atoms with van der Waals surface area (Å²) < 4.78 is 0. The van der Waals surface area contributed by atoms with Crippen LogP contribution in [0.1, 0.15) is 16.7 Å². The minimum atomic E-state index is -0.825. The summed E-state index contributed by atoms with van der Waals surface area (Å²) in [6.45, 7) is 0. The van der Waals surface area contributed by atoms with Gasteiger partial charge in [-0.1, -0.05) is 36.1 Å². The lowest BCUT2D eigenvalue weighted by Crippen LogP contribution is -1.99. The van der Waals surface area contributed by atoms with E-state index in [1.165, 1.54) is 0 Å². The Bertz CT molecular complexity index is 586. The second-order valence-corrected chi connectivity index (χ2v) is 3.81. The van der Waals surface area contributed by atoms with Crippen LogP contribution >= 0.6 is 0 Å². The predicted molar refractivity (Wildman–Crippen MR) is 69.0 cm³/mol. The maximum Gasteiger partial charge on any atom is 0.307 e. The molecule has 2 aromatic carbocycles. The van der Waals surface area contributed by atoms with Gasteiger partial charge in [0.2, 0.25) is 0 Å². The van der Waals surface area contributed by atoms with E-state index in [9.17, 15) is 4.79 Å². The van der Waals surface area contributed by atoms with E-state index < -0.39 is 5.97 Å². The van der Waals surface area contributed by atoms with Crippen LogP contribution in [0.2, 0.25) is 0 Å². The molecule has 0 saturated carbocycles. The lowest BCUT2D eigenvalue weighted by molar-refractivity contribution is -0.136. The third kappa shape index (κ3) is 3.50. The topological polar surface area (TPSA) is 37.3 Å². The molecule has 0 heterocycles. The summed E-state index contributed by atoms with van der Waals surface area (Å²) in [5, 5.41) is 8.66. The zero-order chi connectivity index (χ0) is 12.8. The quantitative estimate of drug-likeness (QED) is 0.812. The van der Waals surface area contributed by atoms with Crippen LogP contribution in [0.4, 0.5) is 0 Å². The Kier molecular flexibility index (Phi) is 3.78. The third-order valence-corrected chi connectivity index (χ3v) is 2.38. The average Bonchev–Trinajstić information content (AvgIpc) is 2.38. The summed E-state index contributed by atoms with van der Waals surface area (Å²) in [5.41, 5.74) is 2.59. The molecule has 2 nitrogen and oxygen atoms in total. The van der Waals surface area contributed by atoms with E-state index in [0.717, 1.165) is 16.7 Å². The van der Waals surface area contributed by atoms with Crippen molar-refractivity contribution < 1.29 is 9.90 Å². The predicted octanol–water partition coefficient (Wildman–Crippen LogP) is 2.51. The minimum Gasteiger partial charge on any atom is -0.481 e. The smallest absolute Gasteiger partial charge is 0.307 e. The van der Waals surface area contributed by atoms with Crippen LogP contribution < -0.4 is 0 Å². The second kappa shape index (κ2) is 5.70. The Morgan fingerprint density at radius 3 is 2.11 bits per heavy atom. The van der Waals surface area contributed by atoms with Crippen molar-refractivity contribution in [1.29, 1.82) is 0 Å². The fraction of sp³-hybridized carbons (Fsp3) is 0.0625. The van der Waals surface area contributed by atoms with Crippen molar-refractivity contribution in [2.75, 3.05) is 0 Å². The summed E-state index contributed by atoms with van der Waals surface area (Å²) in [5.74, 6) is 5.24. The van der Waals surface area contributed by atoms with Gasteiger partial charge >= 0.3 is 5.97 Å². The molecule has 0 bridgehead atoms. The van der Waals surface area contributed by atoms with E-state index in [1.807, 2.05) is 36.4 Å². The molecule has 0 fully saturated rings. The largest absolute Gasteiger partial charge is 0.481 e. The molecule has 1 N–H and O–H groups in total. The number of rotatable bonds is 2. The maximum atomic E-state index is 10.5. The normalized spacial score (nSPS) is 9.33. The highest BCUT2D eigenvalue weighted by Gasteiger charge is 1.98. The molecule has 0 amide bonds. The number of aliphatic carboxylic acids is 1. The lowest BCUT2D eigenvalue weighted by atomic mass is 10.1. The van der Waals surface area contributed by atoms with Crippen LogP contribution in [0.15, 0.2) is 48.5 Å². The molecule has 0 saturated heterocycles. The molecule has 0 aliphatic rings. The second-order valence-electron chi connectivity index (χ2n) is 3.81. The first-order chi connectivity index (χ1) is 8.74. The van der Waals surface area contributed by atoms with Crippen molar-refractivity contribution in [3.8, 4) is 11.8 Å². The highest BCUT2D eigenvalue weighted by Crippen LogP contribution is 2.04. The van der Waals surface area contributed by atoms with Crippen LogP contribution in [0, 0.1) is 17.9 Å². The van der Waals surface area contributed by atoms with Crippen LogP contribution in [0.5, 0.6) is 0 Å². The van der Waals surface area contributed by atoms with Crippen LogP contribution in [0.3, 0.4) is 0 Å². The number of hydrogen-bond acceptors (Lipinski definition) is 1. The molecule has 0 aliphatic carbocycles. The van der Waals surface area contributed by atoms with Crippen molar-refractivity contribution >= 4 is 5.97 Å². The molecule has 87 valence electrons. The Labute approximate surface area is 106 Å². The van der Waals surface area contributed by atoms with E-state index in [4.69, 9.17) is 5.11 Å². The van der Waals surface area contributed by atoms with Crippen LogP contribution in [-0.2, 0) is 11.2 Å². The first kappa shape index (κ1) is 11.9. The molecule has 2 aromatic rings. The zero-order valence-corrected chi connectivity index (χ0v) is 9.68. The minimum absolute atomic E-state index is 0.0439. The molecular weight excluding hydrogens is 224 g/mol. The van der Waals surface area contributed by atoms with E-state index in [1.54, 1.807) is 12.1 Å². The van der Waals surface area contributed by atoms with Gasteiger partial charge < -0.3 is 5.11 Å². The molecule has 0 spiro atoms. The first-order valence-corrected chi connectivity index (χ1v) is 5.53. The molecule has 18 heavy (non-hydrogen) atoms. The molecular formula is C16H11O2. The number of benzene rings is 2. The molecule has 0 aliphatic heterocycles. The standard InChI is InChI=1S/C16H11O2/c17-16(18)12-15-10-8-14(9-11-15)7-6-13-4-2-1-3-5-13/h2-5,8-11H,12H2,(H,17,18). The SMILES string of the molecule is O=C(O)Cc1ccc(C#Cc2cc[c]cc2)cc1. The Morgan fingerprint density at radius 1 is 1.00 bits per heavy atom. The maximum absolute atomic E-state index is 10.5. The summed E-state index contributed by atoms with van der Waals surface area (Å²) in [6.07, 6.45) is 0.0439. The Balaban J connectivity index is 2.12. The van der Waals surface area contributed by atoms with Gasteiger partial charge in [-0.2, -0.15) is 0 Å². The fourth-order valence-corrected chi connectivity index (χ4v) is 1.50. The van der Waals surface area contributed by atoms with Gasteiger partial charge in [-0.3, -0.25) is 4.79 Å². The monoisotopic (exact) mass is 235 g/mol. The van der Waals surface area contributed by atoms with E-state index in [0.29, 0.717) is 0 Å². The van der Waals surface area contributed by atoms with Gasteiger partial charge in [0.1, 0.15) is 0 Å². The van der Waals surface area contributed by atoms with Crippen LogP contribution in [-0.4, -0.2) is 11.1 Å². The summed E-state index contributed by atoms with van der Waals surface area (Å²) in [6, 6.07) is 17.6. The molecule has 2 heteroatoms. The van der Waals surface area contributed by atoms with Gasteiger partial charge in [0.15, 0.2) is 0 Å². The highest BCUT2D eigenvalue weighted by atomic mass is 16.4. The number of carbonyl (C=O) groups is 1. The van der Waals surface area contributed by atoms with Gasteiger partial charge in [0.05, 0.1) is 6.42 Å². The van der Waals surface area contributed by atoms with E-state index in [-0.39, 0.29) is 6.42 Å². The van der Waals surface area contributed by atoms with Gasteiger partial charge in [0.25, 0.3) is 0 Å². The Hall–Kier alpha value is -2.53. The summed E-state index contributed by atoms with van der Waals surface area (Å²) in [7, 11) is 0. The molecule has 0 unspecified atom stereocenters. The van der Waals surface area contributed by atoms with Crippen molar-refractivity contribution in [3.05, 3.63) is 71.3 Å². The van der Waals surface area contributed by atoms with Crippen molar-refractivity contribution in [1.82, 2.24) is 0 Å². The summed E-state index contributed by atoms with van der Waals surface area (Å²) in [4.78, 5) is 10.5. The van der Waals surface area contributed by atoms with Gasteiger partial charge in [-0.05, 0) is 35.9 Å². The van der Waals surface area contributed by atoms with Crippen LogP contribution in [0.25, 0.3) is 0 Å². The van der Waals surface area contributed by atoms with E-state index in [2.05, 4.69) is 17.9 Å². The van der Waals surface area contributed by atoms with Crippen molar-refractivity contribution in [3.63, 3.8) is 0 Å². The lowest BCUT2D eigenvalue weighted by Gasteiger charge is -1.96. The third-order valence-electron chi connectivity index (χ3n) is 2.38. The van der Waals surface area contributed by atoms with Gasteiger partial charge in [-0.15, -0.1) is 0 Å². The summed E-state index contributed by atoms with van der Waals surface area (Å²) >= 11 is 0. The number of carboxylic acids is 1.